The number of aromatic nitrogens is 5. The van der Waals surface area contributed by atoms with Crippen molar-refractivity contribution in [3.05, 3.63) is 47.1 Å². The third-order valence-corrected chi connectivity index (χ3v) is 7.75. The summed E-state index contributed by atoms with van der Waals surface area (Å²) in [6, 6.07) is 3.46. The molecule has 2 fully saturated rings. The molecule has 0 bridgehead atoms. The van der Waals surface area contributed by atoms with Gasteiger partial charge in [0, 0.05) is 41.5 Å². The molecule has 1 spiro atoms. The standard InChI is InChI=1S/C24H22ClN7O3S/c1-12-3-14(15-4-19(25)27-9-18(15)35-2)16(7-26-12)20(34)30-23-29-17-8-28-22(31-21(17)36-23)32-10-24(11-32)5-13(33)6-24/h3-4,7-9,13,33H,5-6,10-11H2,1-2H3,(H,29,30,34). The number of methoxy groups -OCH3 is 1. The van der Waals surface area contributed by atoms with Gasteiger partial charge < -0.3 is 14.7 Å². The van der Waals surface area contributed by atoms with E-state index in [1.807, 2.05) is 6.92 Å². The lowest BCUT2D eigenvalue weighted by atomic mass is 9.62. The Labute approximate surface area is 215 Å². The number of pyridine rings is 2. The number of carbonyl (C=O) groups is 1. The number of hydrogen-bond acceptors (Lipinski definition) is 10. The SMILES string of the molecule is COc1cnc(Cl)cc1-c1cc(C)ncc1C(=O)Nc1nc2cnc(N3CC4(CC(O)C4)C3)nc2s1. The molecule has 1 aliphatic carbocycles. The molecule has 4 aromatic heterocycles. The Hall–Kier alpha value is -3.41. The van der Waals surface area contributed by atoms with E-state index in [1.54, 1.807) is 18.3 Å². The van der Waals surface area contributed by atoms with Gasteiger partial charge in [-0.3, -0.25) is 15.1 Å². The highest BCUT2D eigenvalue weighted by Gasteiger charge is 2.52. The number of hydrogen-bond donors (Lipinski definition) is 2. The molecule has 0 atom stereocenters. The van der Waals surface area contributed by atoms with Gasteiger partial charge in [0.2, 0.25) is 5.95 Å². The molecule has 0 unspecified atom stereocenters. The molecule has 2 N–H and O–H groups in total. The number of aliphatic hydroxyl groups excluding tert-OH is 1. The molecular formula is C24H22ClN7O3S. The Kier molecular flexibility index (Phi) is 5.51. The Morgan fingerprint density at radius 2 is 1.97 bits per heavy atom. The molecule has 4 aromatic rings. The maximum absolute atomic E-state index is 13.3. The Morgan fingerprint density at radius 3 is 2.72 bits per heavy atom. The van der Waals surface area contributed by atoms with E-state index in [4.69, 9.17) is 16.3 Å². The number of thiazole rings is 1. The summed E-state index contributed by atoms with van der Waals surface area (Å²) in [6.07, 6.45) is 6.23. The van der Waals surface area contributed by atoms with Crippen molar-refractivity contribution in [1.82, 2.24) is 24.9 Å². The molecule has 1 saturated heterocycles. The van der Waals surface area contributed by atoms with Crippen molar-refractivity contribution in [2.45, 2.75) is 25.9 Å². The number of anilines is 2. The highest BCUT2D eigenvalue weighted by Crippen LogP contribution is 2.49. The Morgan fingerprint density at radius 1 is 1.17 bits per heavy atom. The summed E-state index contributed by atoms with van der Waals surface area (Å²) in [5, 5.41) is 13.2. The van der Waals surface area contributed by atoms with Crippen molar-refractivity contribution in [3.8, 4) is 16.9 Å². The average Bonchev–Trinajstić information content (AvgIpc) is 3.21. The van der Waals surface area contributed by atoms with E-state index in [1.165, 1.54) is 30.8 Å². The average molecular weight is 524 g/mol. The Bertz CT molecular complexity index is 1500. The highest BCUT2D eigenvalue weighted by molar-refractivity contribution is 7.22. The summed E-state index contributed by atoms with van der Waals surface area (Å²) in [4.78, 5) is 38.1. The molecule has 36 heavy (non-hydrogen) atoms. The van der Waals surface area contributed by atoms with Gasteiger partial charge in [-0.15, -0.1) is 0 Å². The number of nitrogens with one attached hydrogen (secondary N) is 1. The van der Waals surface area contributed by atoms with Crippen molar-refractivity contribution in [2.24, 2.45) is 5.41 Å². The number of halogens is 1. The fraction of sp³-hybridized carbons (Fsp3) is 0.333. The van der Waals surface area contributed by atoms with Gasteiger partial charge >= 0.3 is 0 Å². The van der Waals surface area contributed by atoms with Crippen LogP contribution in [-0.4, -0.2) is 62.2 Å². The van der Waals surface area contributed by atoms with Gasteiger partial charge in [-0.05, 0) is 31.9 Å². The normalized spacial score (nSPS) is 16.6. The highest BCUT2D eigenvalue weighted by atomic mass is 35.5. The molecular weight excluding hydrogens is 502 g/mol. The van der Waals surface area contributed by atoms with Crippen LogP contribution in [0.2, 0.25) is 5.15 Å². The molecule has 12 heteroatoms. The third-order valence-electron chi connectivity index (χ3n) is 6.66. The predicted octanol–water partition coefficient (Wildman–Crippen LogP) is 3.73. The Balaban J connectivity index is 1.25. The molecule has 10 nitrogen and oxygen atoms in total. The van der Waals surface area contributed by atoms with Crippen LogP contribution in [0.3, 0.4) is 0 Å². The minimum Gasteiger partial charge on any atom is -0.494 e. The lowest BCUT2D eigenvalue weighted by Crippen LogP contribution is -2.64. The van der Waals surface area contributed by atoms with E-state index >= 15 is 0 Å². The first-order valence-electron chi connectivity index (χ1n) is 11.4. The largest absolute Gasteiger partial charge is 0.494 e. The van der Waals surface area contributed by atoms with Crippen LogP contribution in [0.1, 0.15) is 28.9 Å². The van der Waals surface area contributed by atoms with Gasteiger partial charge in [-0.1, -0.05) is 22.9 Å². The summed E-state index contributed by atoms with van der Waals surface area (Å²) in [5.41, 5.74) is 3.17. The summed E-state index contributed by atoms with van der Waals surface area (Å²) < 4.78 is 5.45. The number of ether oxygens (including phenoxy) is 1. The summed E-state index contributed by atoms with van der Waals surface area (Å²) in [5.74, 6) is 0.765. The summed E-state index contributed by atoms with van der Waals surface area (Å²) in [7, 11) is 1.54. The molecule has 0 radical (unpaired) electrons. The maximum atomic E-state index is 13.3. The van der Waals surface area contributed by atoms with Gasteiger partial charge in [-0.25, -0.2) is 15.0 Å². The van der Waals surface area contributed by atoms with E-state index in [2.05, 4.69) is 35.1 Å². The fourth-order valence-electron chi connectivity index (χ4n) is 4.95. The lowest BCUT2D eigenvalue weighted by Gasteiger charge is -2.57. The van der Waals surface area contributed by atoms with Crippen LogP contribution < -0.4 is 15.0 Å². The van der Waals surface area contributed by atoms with Gasteiger partial charge in [0.05, 0.1) is 31.2 Å². The molecule has 184 valence electrons. The summed E-state index contributed by atoms with van der Waals surface area (Å²) in [6.45, 7) is 3.55. The van der Waals surface area contributed by atoms with E-state index in [0.717, 1.165) is 31.6 Å². The topological polar surface area (TPSA) is 126 Å². The molecule has 1 saturated carbocycles. The van der Waals surface area contributed by atoms with Gasteiger partial charge in [0.25, 0.3) is 5.91 Å². The van der Waals surface area contributed by atoms with Gasteiger partial charge in [0.1, 0.15) is 16.4 Å². The first kappa shape index (κ1) is 23.0. The van der Waals surface area contributed by atoms with Crippen molar-refractivity contribution in [1.29, 1.82) is 0 Å². The molecule has 1 aliphatic heterocycles. The monoisotopic (exact) mass is 523 g/mol. The zero-order chi connectivity index (χ0) is 25.0. The van der Waals surface area contributed by atoms with Crippen LogP contribution in [0.15, 0.2) is 30.7 Å². The first-order chi connectivity index (χ1) is 17.3. The second-order valence-electron chi connectivity index (χ2n) is 9.33. The number of carbonyl (C=O) groups excluding carboxylic acids is 1. The van der Waals surface area contributed by atoms with Crippen molar-refractivity contribution in [2.75, 3.05) is 30.4 Å². The van der Waals surface area contributed by atoms with E-state index in [-0.39, 0.29) is 22.6 Å². The second-order valence-corrected chi connectivity index (χ2v) is 10.7. The minimum absolute atomic E-state index is 0.177. The zero-order valence-corrected chi connectivity index (χ0v) is 21.1. The number of amides is 1. The molecule has 6 rings (SSSR count). The zero-order valence-electron chi connectivity index (χ0n) is 19.5. The van der Waals surface area contributed by atoms with Crippen molar-refractivity contribution < 1.29 is 14.6 Å². The first-order valence-corrected chi connectivity index (χ1v) is 12.6. The second kappa shape index (κ2) is 8.61. The number of nitrogens with zero attached hydrogens (tertiary/aromatic N) is 6. The lowest BCUT2D eigenvalue weighted by molar-refractivity contribution is -0.0497. The van der Waals surface area contributed by atoms with Crippen LogP contribution in [0.5, 0.6) is 5.75 Å². The number of aryl methyl sites for hydroxylation is 1. The van der Waals surface area contributed by atoms with E-state index in [9.17, 15) is 9.90 Å². The molecule has 0 aromatic carbocycles. The van der Waals surface area contributed by atoms with Crippen molar-refractivity contribution >= 4 is 50.3 Å². The fourth-order valence-corrected chi connectivity index (χ4v) is 5.91. The molecule has 1 amide bonds. The van der Waals surface area contributed by atoms with Crippen LogP contribution in [0.25, 0.3) is 21.5 Å². The third kappa shape index (κ3) is 4.02. The predicted molar refractivity (Wildman–Crippen MR) is 137 cm³/mol. The van der Waals surface area contributed by atoms with E-state index < -0.39 is 0 Å². The van der Waals surface area contributed by atoms with Gasteiger partial charge in [0.15, 0.2) is 9.96 Å². The summed E-state index contributed by atoms with van der Waals surface area (Å²) >= 11 is 7.42. The number of fused-ring (bicyclic) bond motifs is 1. The van der Waals surface area contributed by atoms with E-state index in [0.29, 0.717) is 43.9 Å². The number of rotatable bonds is 5. The number of aliphatic hydroxyl groups is 1. The van der Waals surface area contributed by atoms with Crippen LogP contribution in [0, 0.1) is 12.3 Å². The molecule has 5 heterocycles. The van der Waals surface area contributed by atoms with Crippen LogP contribution in [0.4, 0.5) is 11.1 Å². The maximum Gasteiger partial charge on any atom is 0.259 e. The van der Waals surface area contributed by atoms with Crippen LogP contribution in [-0.2, 0) is 0 Å². The van der Waals surface area contributed by atoms with Crippen LogP contribution >= 0.6 is 22.9 Å². The van der Waals surface area contributed by atoms with Crippen molar-refractivity contribution in [3.63, 3.8) is 0 Å². The minimum atomic E-state index is -0.368. The quantitative estimate of drug-likeness (QED) is 0.376. The molecule has 2 aliphatic rings. The van der Waals surface area contributed by atoms with Gasteiger partial charge in [-0.2, -0.15) is 4.98 Å². The smallest absolute Gasteiger partial charge is 0.259 e.